The van der Waals surface area contributed by atoms with Crippen LogP contribution in [-0.4, -0.2) is 31.5 Å². The molecule has 0 aliphatic rings. The van der Waals surface area contributed by atoms with Gasteiger partial charge in [-0.3, -0.25) is 0 Å². The number of alkyl halides is 3. The van der Waals surface area contributed by atoms with E-state index >= 15 is 0 Å². The van der Waals surface area contributed by atoms with Gasteiger partial charge in [-0.25, -0.2) is 0 Å². The third kappa shape index (κ3) is 2.69. The smallest absolute Gasteiger partial charge is 0.423 e. The van der Waals surface area contributed by atoms with Crippen LogP contribution in [0.15, 0.2) is 18.2 Å². The van der Waals surface area contributed by atoms with E-state index in [2.05, 4.69) is 0 Å². The summed E-state index contributed by atoms with van der Waals surface area (Å²) < 4.78 is 49.6. The molecular weight excluding hydrogens is 275 g/mol. The summed E-state index contributed by atoms with van der Waals surface area (Å²) in [6.45, 7) is 1.47. The number of ether oxygens (including phenoxy) is 2. The van der Waals surface area contributed by atoms with Gasteiger partial charge in [0.2, 0.25) is 5.60 Å². The Labute approximate surface area is 115 Å². The van der Waals surface area contributed by atoms with Crippen LogP contribution in [0.4, 0.5) is 13.2 Å². The fourth-order valence-electron chi connectivity index (χ4n) is 1.96. The number of nitrogens with two attached hydrogens (primary N) is 1. The minimum atomic E-state index is -4.90. The van der Waals surface area contributed by atoms with Crippen LogP contribution in [0.5, 0.6) is 11.5 Å². The molecule has 4 nitrogen and oxygen atoms in total. The predicted octanol–water partition coefficient (Wildman–Crippen LogP) is 2.19. The lowest BCUT2D eigenvalue weighted by Crippen LogP contribution is -2.55. The van der Waals surface area contributed by atoms with Gasteiger partial charge in [-0.2, -0.15) is 13.2 Å². The van der Waals surface area contributed by atoms with Gasteiger partial charge in [0.25, 0.3) is 0 Å². The first kappa shape index (κ1) is 16.6. The number of methoxy groups -OCH3 is 2. The topological polar surface area (TPSA) is 64.7 Å². The van der Waals surface area contributed by atoms with Crippen LogP contribution in [0.25, 0.3) is 0 Å². The molecule has 2 unspecified atom stereocenters. The van der Waals surface area contributed by atoms with Gasteiger partial charge in [-0.15, -0.1) is 0 Å². The van der Waals surface area contributed by atoms with E-state index in [1.165, 1.54) is 27.2 Å². The summed E-state index contributed by atoms with van der Waals surface area (Å²) in [6.07, 6.45) is -4.94. The SMILES string of the molecule is CCC(N)C(O)(c1ccc(OC)c(OC)c1)C(F)(F)F. The molecule has 20 heavy (non-hydrogen) atoms. The van der Waals surface area contributed by atoms with Crippen molar-refractivity contribution in [1.29, 1.82) is 0 Å². The number of benzene rings is 1. The molecule has 1 rings (SSSR count). The number of rotatable bonds is 5. The molecule has 0 bridgehead atoms. The van der Waals surface area contributed by atoms with Gasteiger partial charge in [0.15, 0.2) is 11.5 Å². The minimum absolute atomic E-state index is 0.0373. The van der Waals surface area contributed by atoms with E-state index in [0.29, 0.717) is 0 Å². The molecule has 0 radical (unpaired) electrons. The average Bonchev–Trinajstić information content (AvgIpc) is 2.43. The zero-order chi connectivity index (χ0) is 15.6. The molecule has 1 aromatic carbocycles. The van der Waals surface area contributed by atoms with Crippen molar-refractivity contribution in [3.63, 3.8) is 0 Å². The third-order valence-electron chi connectivity index (χ3n) is 3.23. The van der Waals surface area contributed by atoms with E-state index in [4.69, 9.17) is 15.2 Å². The van der Waals surface area contributed by atoms with Crippen LogP contribution in [0.1, 0.15) is 18.9 Å². The molecule has 0 aliphatic heterocycles. The maximum atomic E-state index is 13.2. The molecule has 114 valence electrons. The van der Waals surface area contributed by atoms with Crippen molar-refractivity contribution in [3.05, 3.63) is 23.8 Å². The summed E-state index contributed by atoms with van der Waals surface area (Å²) in [5.41, 5.74) is 1.97. The van der Waals surface area contributed by atoms with Crippen molar-refractivity contribution in [2.75, 3.05) is 14.2 Å². The Morgan fingerprint density at radius 3 is 2.15 bits per heavy atom. The Morgan fingerprint density at radius 2 is 1.75 bits per heavy atom. The summed E-state index contributed by atoms with van der Waals surface area (Å²) in [5.74, 6) is 0.363. The molecule has 0 aromatic heterocycles. The van der Waals surface area contributed by atoms with Gasteiger partial charge < -0.3 is 20.3 Å². The lowest BCUT2D eigenvalue weighted by Gasteiger charge is -2.35. The molecule has 0 spiro atoms. The average molecular weight is 293 g/mol. The van der Waals surface area contributed by atoms with Crippen molar-refractivity contribution in [1.82, 2.24) is 0 Å². The zero-order valence-corrected chi connectivity index (χ0v) is 11.5. The fourth-order valence-corrected chi connectivity index (χ4v) is 1.96. The number of aliphatic hydroxyl groups is 1. The van der Waals surface area contributed by atoms with Crippen LogP contribution in [0.2, 0.25) is 0 Å². The Kier molecular flexibility index (Phi) is 4.88. The Bertz CT molecular complexity index is 465. The molecular formula is C13H18F3NO3. The molecule has 1 aromatic rings. The first-order valence-electron chi connectivity index (χ1n) is 5.99. The summed E-state index contributed by atoms with van der Waals surface area (Å²) in [5, 5.41) is 10.1. The molecule has 0 aliphatic carbocycles. The zero-order valence-electron chi connectivity index (χ0n) is 11.5. The van der Waals surface area contributed by atoms with Gasteiger partial charge in [-0.05, 0) is 24.1 Å². The quantitative estimate of drug-likeness (QED) is 0.873. The molecule has 0 saturated heterocycles. The number of halogens is 3. The highest BCUT2D eigenvalue weighted by Crippen LogP contribution is 2.44. The summed E-state index contributed by atoms with van der Waals surface area (Å²) in [4.78, 5) is 0. The second-order valence-corrected chi connectivity index (χ2v) is 4.35. The van der Waals surface area contributed by atoms with E-state index in [1.54, 1.807) is 0 Å². The van der Waals surface area contributed by atoms with E-state index in [9.17, 15) is 18.3 Å². The second-order valence-electron chi connectivity index (χ2n) is 4.35. The highest BCUT2D eigenvalue weighted by Gasteiger charge is 2.58. The maximum Gasteiger partial charge on any atom is 0.423 e. The van der Waals surface area contributed by atoms with Gasteiger partial charge in [0.1, 0.15) is 0 Å². The van der Waals surface area contributed by atoms with Crippen LogP contribution in [0, 0.1) is 0 Å². The van der Waals surface area contributed by atoms with Crippen molar-refractivity contribution in [2.45, 2.75) is 31.2 Å². The minimum Gasteiger partial charge on any atom is -0.493 e. The number of hydrogen-bond donors (Lipinski definition) is 2. The van der Waals surface area contributed by atoms with Gasteiger partial charge in [0.05, 0.1) is 14.2 Å². The lowest BCUT2D eigenvalue weighted by atomic mass is 9.84. The van der Waals surface area contributed by atoms with E-state index in [1.807, 2.05) is 0 Å². The van der Waals surface area contributed by atoms with Gasteiger partial charge in [-0.1, -0.05) is 13.0 Å². The van der Waals surface area contributed by atoms with Crippen LogP contribution in [-0.2, 0) is 5.60 Å². The first-order chi connectivity index (χ1) is 9.22. The number of hydrogen-bond acceptors (Lipinski definition) is 4. The summed E-state index contributed by atoms with van der Waals surface area (Å²) in [7, 11) is 2.67. The third-order valence-corrected chi connectivity index (χ3v) is 3.23. The predicted molar refractivity (Wildman–Crippen MR) is 67.8 cm³/mol. The highest BCUT2D eigenvalue weighted by molar-refractivity contribution is 5.45. The highest BCUT2D eigenvalue weighted by atomic mass is 19.4. The molecule has 0 amide bonds. The molecule has 0 heterocycles. The normalized spacial score (nSPS) is 16.4. The largest absolute Gasteiger partial charge is 0.493 e. The Morgan fingerprint density at radius 1 is 1.20 bits per heavy atom. The van der Waals surface area contributed by atoms with Crippen molar-refractivity contribution in [2.24, 2.45) is 5.73 Å². The fraction of sp³-hybridized carbons (Fsp3) is 0.538. The van der Waals surface area contributed by atoms with Crippen LogP contribution >= 0.6 is 0 Å². The maximum absolute atomic E-state index is 13.2. The van der Waals surface area contributed by atoms with Crippen molar-refractivity contribution in [3.8, 4) is 11.5 Å². The molecule has 0 fully saturated rings. The van der Waals surface area contributed by atoms with Crippen molar-refractivity contribution < 1.29 is 27.8 Å². The van der Waals surface area contributed by atoms with Crippen LogP contribution < -0.4 is 15.2 Å². The lowest BCUT2D eigenvalue weighted by molar-refractivity contribution is -0.274. The Balaban J connectivity index is 3.43. The standard InChI is InChI=1S/C13H18F3NO3/c1-4-11(17)12(18,13(14,15)16)8-5-6-9(19-2)10(7-8)20-3/h5-7,11,18H,4,17H2,1-3H3. The van der Waals surface area contributed by atoms with E-state index < -0.39 is 17.8 Å². The molecule has 0 saturated carbocycles. The first-order valence-corrected chi connectivity index (χ1v) is 5.99. The Hall–Kier alpha value is -1.47. The molecule has 7 heteroatoms. The van der Waals surface area contributed by atoms with Crippen LogP contribution in [0.3, 0.4) is 0 Å². The summed E-state index contributed by atoms with van der Waals surface area (Å²) in [6, 6.07) is 2.03. The van der Waals surface area contributed by atoms with Gasteiger partial charge in [0, 0.05) is 6.04 Å². The van der Waals surface area contributed by atoms with E-state index in [-0.39, 0.29) is 23.5 Å². The monoisotopic (exact) mass is 293 g/mol. The van der Waals surface area contributed by atoms with Gasteiger partial charge >= 0.3 is 6.18 Å². The molecule has 3 N–H and O–H groups in total. The molecule has 2 atom stereocenters. The summed E-state index contributed by atoms with van der Waals surface area (Å²) >= 11 is 0. The van der Waals surface area contributed by atoms with E-state index in [0.717, 1.165) is 12.1 Å². The second kappa shape index (κ2) is 5.88. The van der Waals surface area contributed by atoms with Crippen molar-refractivity contribution >= 4 is 0 Å².